The highest BCUT2D eigenvalue weighted by Gasteiger charge is 2.40. The second-order valence-corrected chi connectivity index (χ2v) is 4.51. The Labute approximate surface area is 101 Å². The van der Waals surface area contributed by atoms with Crippen molar-refractivity contribution in [2.45, 2.75) is 32.4 Å². The Morgan fingerprint density at radius 2 is 2.18 bits per heavy atom. The number of carboxylic acids is 1. The van der Waals surface area contributed by atoms with Gasteiger partial charge in [-0.1, -0.05) is 0 Å². The van der Waals surface area contributed by atoms with Crippen LogP contribution in [-0.2, 0) is 14.3 Å². The molecule has 1 amide bonds. The Bertz CT molecular complexity index is 298. The first-order chi connectivity index (χ1) is 7.91. The van der Waals surface area contributed by atoms with Crippen molar-refractivity contribution in [1.29, 1.82) is 0 Å². The van der Waals surface area contributed by atoms with E-state index >= 15 is 0 Å². The number of rotatable bonds is 4. The van der Waals surface area contributed by atoms with E-state index < -0.39 is 17.6 Å². The average molecular weight is 244 g/mol. The summed E-state index contributed by atoms with van der Waals surface area (Å²) in [6, 6.07) is 0. The maximum atomic E-state index is 12.2. The van der Waals surface area contributed by atoms with E-state index in [0.29, 0.717) is 19.7 Å². The maximum Gasteiger partial charge on any atom is 0.329 e. The molecule has 0 aliphatic carbocycles. The zero-order chi connectivity index (χ0) is 13.1. The number of amides is 1. The Morgan fingerprint density at radius 1 is 1.53 bits per heavy atom. The number of aliphatic carboxylic acids is 1. The quantitative estimate of drug-likeness (QED) is 0.709. The molecule has 98 valence electrons. The minimum absolute atomic E-state index is 0.271. The molecule has 0 saturated carbocycles. The summed E-state index contributed by atoms with van der Waals surface area (Å²) in [5.74, 6) is -1.29. The molecular formula is C11H20N2O4. The summed E-state index contributed by atoms with van der Waals surface area (Å²) in [6.07, 6.45) is -0.581. The van der Waals surface area contributed by atoms with E-state index in [4.69, 9.17) is 9.84 Å². The molecule has 1 aliphatic rings. The summed E-state index contributed by atoms with van der Waals surface area (Å²) < 4.78 is 5.35. The lowest BCUT2D eigenvalue weighted by Crippen LogP contribution is -2.58. The molecule has 6 nitrogen and oxygen atoms in total. The first-order valence-electron chi connectivity index (χ1n) is 5.78. The van der Waals surface area contributed by atoms with Crippen molar-refractivity contribution in [3.63, 3.8) is 0 Å². The molecule has 1 heterocycles. The highest BCUT2D eigenvalue weighted by Crippen LogP contribution is 2.17. The molecule has 2 N–H and O–H groups in total. The molecule has 1 saturated heterocycles. The normalized spacial score (nSPS) is 21.0. The van der Waals surface area contributed by atoms with E-state index in [1.54, 1.807) is 6.92 Å². The van der Waals surface area contributed by atoms with Gasteiger partial charge in [-0.25, -0.2) is 4.79 Å². The molecule has 0 radical (unpaired) electrons. The van der Waals surface area contributed by atoms with Gasteiger partial charge in [0.25, 0.3) is 5.91 Å². The molecule has 0 bridgehead atoms. The molecular weight excluding hydrogens is 224 g/mol. The van der Waals surface area contributed by atoms with Gasteiger partial charge in [-0.15, -0.1) is 0 Å². The monoisotopic (exact) mass is 244 g/mol. The van der Waals surface area contributed by atoms with Crippen LogP contribution < -0.4 is 5.32 Å². The van der Waals surface area contributed by atoms with Crippen molar-refractivity contribution in [3.8, 4) is 0 Å². The van der Waals surface area contributed by atoms with E-state index in [1.165, 1.54) is 18.7 Å². The lowest BCUT2D eigenvalue weighted by Gasteiger charge is -2.37. The zero-order valence-corrected chi connectivity index (χ0v) is 10.5. The first kappa shape index (κ1) is 13.9. The topological polar surface area (TPSA) is 78.9 Å². The SMILES string of the molecule is CCN(C(=O)C1CNCCO1)C(C)(C)C(=O)O. The second kappa shape index (κ2) is 5.46. The van der Waals surface area contributed by atoms with Crippen LogP contribution in [0.15, 0.2) is 0 Å². The molecule has 0 spiro atoms. The maximum absolute atomic E-state index is 12.2. The molecule has 1 atom stereocenters. The van der Waals surface area contributed by atoms with E-state index in [2.05, 4.69) is 5.32 Å². The Balaban J connectivity index is 2.79. The van der Waals surface area contributed by atoms with Gasteiger partial charge in [-0.05, 0) is 20.8 Å². The van der Waals surface area contributed by atoms with Crippen molar-refractivity contribution in [2.24, 2.45) is 0 Å². The number of nitrogens with zero attached hydrogens (tertiary/aromatic N) is 1. The number of likely N-dealkylation sites (N-methyl/N-ethyl adjacent to an activating group) is 1. The molecule has 0 aromatic rings. The van der Waals surface area contributed by atoms with Gasteiger partial charge in [0.05, 0.1) is 6.61 Å². The Hall–Kier alpha value is -1.14. The number of morpholine rings is 1. The standard InChI is InChI=1S/C11H20N2O4/c1-4-13(11(2,3)10(15)16)9(14)8-7-12-5-6-17-8/h8,12H,4-7H2,1-3H3,(H,15,16). The van der Waals surface area contributed by atoms with E-state index in [9.17, 15) is 9.59 Å². The Morgan fingerprint density at radius 3 is 2.59 bits per heavy atom. The van der Waals surface area contributed by atoms with Crippen LogP contribution in [0.25, 0.3) is 0 Å². The fourth-order valence-corrected chi connectivity index (χ4v) is 1.84. The average Bonchev–Trinajstić information content (AvgIpc) is 2.30. The number of nitrogens with one attached hydrogen (secondary N) is 1. The highest BCUT2D eigenvalue weighted by atomic mass is 16.5. The van der Waals surface area contributed by atoms with Gasteiger partial charge >= 0.3 is 5.97 Å². The van der Waals surface area contributed by atoms with Gasteiger partial charge in [0.1, 0.15) is 11.6 Å². The fourth-order valence-electron chi connectivity index (χ4n) is 1.84. The van der Waals surface area contributed by atoms with Crippen molar-refractivity contribution in [1.82, 2.24) is 10.2 Å². The van der Waals surface area contributed by atoms with Crippen LogP contribution in [0.1, 0.15) is 20.8 Å². The highest BCUT2D eigenvalue weighted by molar-refractivity contribution is 5.88. The molecule has 1 unspecified atom stereocenters. The van der Waals surface area contributed by atoms with E-state index in [0.717, 1.165) is 6.54 Å². The van der Waals surface area contributed by atoms with Gasteiger partial charge < -0.3 is 20.1 Å². The Kier molecular flexibility index (Phi) is 4.47. The number of hydrogen-bond acceptors (Lipinski definition) is 4. The largest absolute Gasteiger partial charge is 0.480 e. The van der Waals surface area contributed by atoms with Crippen LogP contribution in [0, 0.1) is 0 Å². The number of carbonyl (C=O) groups excluding carboxylic acids is 1. The minimum Gasteiger partial charge on any atom is -0.480 e. The molecule has 0 aromatic heterocycles. The molecule has 1 fully saturated rings. The third-order valence-corrected chi connectivity index (χ3v) is 2.98. The first-order valence-corrected chi connectivity index (χ1v) is 5.78. The van der Waals surface area contributed by atoms with Crippen LogP contribution >= 0.6 is 0 Å². The van der Waals surface area contributed by atoms with E-state index in [-0.39, 0.29) is 5.91 Å². The summed E-state index contributed by atoms with van der Waals surface area (Å²) in [7, 11) is 0. The minimum atomic E-state index is -1.22. The van der Waals surface area contributed by atoms with Crippen LogP contribution in [0.4, 0.5) is 0 Å². The summed E-state index contributed by atoms with van der Waals surface area (Å²) >= 11 is 0. The van der Waals surface area contributed by atoms with Crippen molar-refractivity contribution in [2.75, 3.05) is 26.2 Å². The number of carboxylic acid groups (broad SMARTS) is 1. The van der Waals surface area contributed by atoms with Crippen LogP contribution in [0.2, 0.25) is 0 Å². The molecule has 0 aromatic carbocycles. The van der Waals surface area contributed by atoms with E-state index in [1.807, 2.05) is 0 Å². The third-order valence-electron chi connectivity index (χ3n) is 2.98. The van der Waals surface area contributed by atoms with Crippen molar-refractivity contribution in [3.05, 3.63) is 0 Å². The summed E-state index contributed by atoms with van der Waals surface area (Å²) in [5.41, 5.74) is -1.22. The van der Waals surface area contributed by atoms with Crippen LogP contribution in [0.5, 0.6) is 0 Å². The lowest BCUT2D eigenvalue weighted by molar-refractivity contribution is -0.163. The molecule has 1 aliphatic heterocycles. The summed E-state index contributed by atoms with van der Waals surface area (Å²) in [5, 5.41) is 12.2. The number of ether oxygens (including phenoxy) is 1. The third kappa shape index (κ3) is 2.95. The zero-order valence-electron chi connectivity index (χ0n) is 10.5. The van der Waals surface area contributed by atoms with Crippen molar-refractivity contribution < 1.29 is 19.4 Å². The van der Waals surface area contributed by atoms with Gasteiger partial charge in [0, 0.05) is 19.6 Å². The molecule has 17 heavy (non-hydrogen) atoms. The number of carbonyl (C=O) groups is 2. The second-order valence-electron chi connectivity index (χ2n) is 4.51. The van der Waals surface area contributed by atoms with Crippen LogP contribution in [-0.4, -0.2) is 59.8 Å². The van der Waals surface area contributed by atoms with Crippen LogP contribution in [0.3, 0.4) is 0 Å². The fraction of sp³-hybridized carbons (Fsp3) is 0.818. The predicted octanol–water partition coefficient (Wildman–Crippen LogP) is -0.313. The number of hydrogen-bond donors (Lipinski definition) is 2. The van der Waals surface area contributed by atoms with Gasteiger partial charge in [0.2, 0.25) is 0 Å². The molecule has 1 rings (SSSR count). The lowest BCUT2D eigenvalue weighted by atomic mass is 10.0. The molecule has 6 heteroatoms. The van der Waals surface area contributed by atoms with Gasteiger partial charge in [0.15, 0.2) is 0 Å². The predicted molar refractivity (Wildman–Crippen MR) is 61.7 cm³/mol. The van der Waals surface area contributed by atoms with Crippen molar-refractivity contribution >= 4 is 11.9 Å². The van der Waals surface area contributed by atoms with Gasteiger partial charge in [-0.2, -0.15) is 0 Å². The van der Waals surface area contributed by atoms with Gasteiger partial charge in [-0.3, -0.25) is 4.79 Å². The smallest absolute Gasteiger partial charge is 0.329 e. The summed E-state index contributed by atoms with van der Waals surface area (Å²) in [4.78, 5) is 24.7. The summed E-state index contributed by atoms with van der Waals surface area (Å²) in [6.45, 7) is 6.78.